The summed E-state index contributed by atoms with van der Waals surface area (Å²) < 4.78 is 22.7. The highest BCUT2D eigenvalue weighted by molar-refractivity contribution is 5.70. The molecular weight excluding hydrogens is 995 g/mol. The van der Waals surface area contributed by atoms with Crippen molar-refractivity contribution >= 4 is 17.9 Å². The molecule has 9 heteroatoms. The van der Waals surface area contributed by atoms with E-state index in [0.29, 0.717) is 17.4 Å². The summed E-state index contributed by atoms with van der Waals surface area (Å²) in [6, 6.07) is 0. The Labute approximate surface area is 492 Å². The van der Waals surface area contributed by atoms with Crippen molar-refractivity contribution in [3.05, 3.63) is 97.2 Å². The maximum absolute atomic E-state index is 12.9. The molecule has 0 heterocycles. The summed E-state index contributed by atoms with van der Waals surface area (Å²) in [5, 5.41) is 11.8. The first kappa shape index (κ1) is 76.2. The van der Waals surface area contributed by atoms with Crippen LogP contribution in [0.25, 0.3) is 0 Å². The van der Waals surface area contributed by atoms with Crippen molar-refractivity contribution in [3.8, 4) is 0 Å². The summed E-state index contributed by atoms with van der Waals surface area (Å²) in [6.07, 6.45) is 80.5. The zero-order valence-corrected chi connectivity index (χ0v) is 52.4. The predicted molar refractivity (Wildman–Crippen MR) is 338 cm³/mol. The van der Waals surface area contributed by atoms with Gasteiger partial charge in [0, 0.05) is 12.8 Å². The van der Waals surface area contributed by atoms with Gasteiger partial charge < -0.3 is 33.3 Å². The van der Waals surface area contributed by atoms with Gasteiger partial charge in [-0.1, -0.05) is 284 Å². The van der Waals surface area contributed by atoms with Crippen LogP contribution in [0.15, 0.2) is 97.2 Å². The molecule has 0 aromatic rings. The Morgan fingerprint density at radius 3 is 1.06 bits per heavy atom. The minimum atomic E-state index is -1.63. The molecule has 0 radical (unpaired) electrons. The van der Waals surface area contributed by atoms with Gasteiger partial charge in [0.25, 0.3) is 0 Å². The first-order valence-corrected chi connectivity index (χ1v) is 32.9. The van der Waals surface area contributed by atoms with Crippen molar-refractivity contribution in [1.82, 2.24) is 0 Å². The van der Waals surface area contributed by atoms with Gasteiger partial charge in [-0.3, -0.25) is 9.59 Å². The van der Waals surface area contributed by atoms with Crippen LogP contribution in [-0.2, 0) is 33.3 Å². The lowest BCUT2D eigenvalue weighted by Gasteiger charge is -2.26. The van der Waals surface area contributed by atoms with E-state index >= 15 is 0 Å². The van der Waals surface area contributed by atoms with Gasteiger partial charge in [0.05, 0.1) is 40.3 Å². The van der Waals surface area contributed by atoms with Crippen LogP contribution in [-0.4, -0.2) is 82.3 Å². The molecule has 0 rings (SSSR count). The average Bonchev–Trinajstić information content (AvgIpc) is 3.43. The lowest BCUT2D eigenvalue weighted by Crippen LogP contribution is -2.44. The number of aliphatic carboxylic acids is 1. The fraction of sp³-hybridized carbons (Fsp3) is 0.732. The van der Waals surface area contributed by atoms with E-state index < -0.39 is 24.3 Å². The lowest BCUT2D eigenvalue weighted by molar-refractivity contribution is -0.870. The molecule has 0 saturated heterocycles. The number of hydrogen-bond acceptors (Lipinski definition) is 8. The van der Waals surface area contributed by atoms with E-state index in [0.717, 1.165) is 96.3 Å². The Balaban J connectivity index is 4.24. The molecule has 0 amide bonds. The zero-order valence-electron chi connectivity index (χ0n) is 52.4. The molecule has 9 nitrogen and oxygen atoms in total. The molecule has 2 atom stereocenters. The third kappa shape index (κ3) is 61.8. The number of esters is 2. The fourth-order valence-corrected chi connectivity index (χ4v) is 9.08. The fourth-order valence-electron chi connectivity index (χ4n) is 9.08. The first-order valence-electron chi connectivity index (χ1n) is 32.9. The highest BCUT2D eigenvalue weighted by atomic mass is 16.7. The van der Waals surface area contributed by atoms with E-state index in [2.05, 4.69) is 111 Å². The summed E-state index contributed by atoms with van der Waals surface area (Å²) in [7, 11) is 5.92. The SMILES string of the molecule is CC/C=C\C/C=C\C/C=C\C/C=C\C/C=C\C/C=C\C/C=C\C/C=C\CCCCCCC(=O)OC(COC(=O)CCCCCCCCCCCCCCCCCCCCCCCCCCCC)COC(OCC[N+](C)(C)C)C(=O)[O-]. The Hall–Kier alpha value is -3.79. The Morgan fingerprint density at radius 2 is 0.713 bits per heavy atom. The molecule has 0 aliphatic heterocycles. The zero-order chi connectivity index (χ0) is 58.3. The molecule has 0 bridgehead atoms. The highest BCUT2D eigenvalue weighted by Crippen LogP contribution is 2.17. The minimum Gasteiger partial charge on any atom is -0.545 e. The molecule has 0 spiro atoms. The van der Waals surface area contributed by atoms with Gasteiger partial charge in [0.2, 0.25) is 0 Å². The molecule has 0 aromatic heterocycles. The molecule has 460 valence electrons. The molecular formula is C71H123NO8. The van der Waals surface area contributed by atoms with Gasteiger partial charge in [-0.25, -0.2) is 0 Å². The van der Waals surface area contributed by atoms with Crippen LogP contribution >= 0.6 is 0 Å². The smallest absolute Gasteiger partial charge is 0.306 e. The van der Waals surface area contributed by atoms with Crippen LogP contribution < -0.4 is 5.11 Å². The van der Waals surface area contributed by atoms with Gasteiger partial charge in [-0.05, 0) is 77.0 Å². The summed E-state index contributed by atoms with van der Waals surface area (Å²) >= 11 is 0. The molecule has 0 aliphatic rings. The van der Waals surface area contributed by atoms with E-state index in [9.17, 15) is 19.5 Å². The highest BCUT2D eigenvalue weighted by Gasteiger charge is 2.22. The third-order valence-corrected chi connectivity index (χ3v) is 14.1. The number of carboxylic acid groups (broad SMARTS) is 1. The first-order chi connectivity index (χ1) is 39.1. The predicted octanol–water partition coefficient (Wildman–Crippen LogP) is 18.7. The molecule has 0 aliphatic carbocycles. The number of likely N-dealkylation sites (N-methyl/N-ethyl adjacent to an activating group) is 1. The van der Waals surface area contributed by atoms with Crippen LogP contribution in [0.3, 0.4) is 0 Å². The van der Waals surface area contributed by atoms with Gasteiger partial charge in [0.15, 0.2) is 12.4 Å². The Morgan fingerprint density at radius 1 is 0.388 bits per heavy atom. The lowest BCUT2D eigenvalue weighted by atomic mass is 10.0. The molecule has 0 N–H and O–H groups in total. The second kappa shape index (κ2) is 61.3. The van der Waals surface area contributed by atoms with Crippen molar-refractivity contribution in [3.63, 3.8) is 0 Å². The number of carbonyl (C=O) groups excluding carboxylic acids is 3. The average molecular weight is 1120 g/mol. The number of hydrogen-bond donors (Lipinski definition) is 0. The van der Waals surface area contributed by atoms with Crippen molar-refractivity contribution in [1.29, 1.82) is 0 Å². The van der Waals surface area contributed by atoms with Crippen LogP contribution in [0.4, 0.5) is 0 Å². The van der Waals surface area contributed by atoms with E-state index in [1.165, 1.54) is 148 Å². The molecule has 0 saturated carbocycles. The number of nitrogens with zero attached hydrogens (tertiary/aromatic N) is 1. The monoisotopic (exact) mass is 1120 g/mol. The van der Waals surface area contributed by atoms with Crippen LogP contribution in [0.1, 0.15) is 277 Å². The Bertz CT molecular complexity index is 1630. The topological polar surface area (TPSA) is 111 Å². The second-order valence-electron chi connectivity index (χ2n) is 23.0. The molecule has 2 unspecified atom stereocenters. The van der Waals surface area contributed by atoms with E-state index in [4.69, 9.17) is 18.9 Å². The van der Waals surface area contributed by atoms with E-state index in [1.807, 2.05) is 21.1 Å². The quantitative estimate of drug-likeness (QED) is 0.0195. The molecule has 80 heavy (non-hydrogen) atoms. The number of carbonyl (C=O) groups is 3. The summed E-state index contributed by atoms with van der Waals surface area (Å²) in [4.78, 5) is 37.4. The van der Waals surface area contributed by atoms with Crippen molar-refractivity contribution in [2.24, 2.45) is 0 Å². The van der Waals surface area contributed by atoms with Gasteiger partial charge in [0.1, 0.15) is 13.2 Å². The van der Waals surface area contributed by atoms with E-state index in [-0.39, 0.29) is 38.6 Å². The summed E-state index contributed by atoms with van der Waals surface area (Å²) in [5.41, 5.74) is 0. The maximum Gasteiger partial charge on any atom is 0.306 e. The minimum absolute atomic E-state index is 0.139. The van der Waals surface area contributed by atoms with Gasteiger partial charge >= 0.3 is 11.9 Å². The van der Waals surface area contributed by atoms with Crippen LogP contribution in [0, 0.1) is 0 Å². The standard InChI is InChI=1S/C71H123NO8/c1-6-8-10-12-14-16-18-20-22-24-26-28-30-32-34-35-36-38-40-42-44-46-48-50-52-54-56-58-60-62-69(74)80-67(66-79-71(70(75)76)77-64-63-72(3,4)5)65-78-68(73)61-59-57-55-53-51-49-47-45-43-41-39-37-33-31-29-27-25-23-21-19-17-15-13-11-9-7-2/h8,10,14,16,20,22,26,28,32,34,36,38,42,44,48,50,67,71H,6-7,9,11-13,15,17-19,21,23-25,27,29-31,33,35,37,39-41,43,45-47,49,51-66H2,1-5H3/b10-8-,16-14-,22-20-,28-26-,34-32-,38-36-,44-42-,50-48-. The van der Waals surface area contributed by atoms with E-state index in [1.54, 1.807) is 0 Å². The van der Waals surface area contributed by atoms with Crippen molar-refractivity contribution in [2.45, 2.75) is 289 Å². The number of ether oxygens (including phenoxy) is 4. The normalized spacial score (nSPS) is 13.4. The maximum atomic E-state index is 12.9. The summed E-state index contributed by atoms with van der Waals surface area (Å²) in [5.74, 6) is -2.31. The molecule has 0 fully saturated rings. The number of quaternary nitrogens is 1. The largest absolute Gasteiger partial charge is 0.545 e. The second-order valence-corrected chi connectivity index (χ2v) is 23.0. The number of carboxylic acids is 1. The van der Waals surface area contributed by atoms with Crippen molar-refractivity contribution in [2.75, 3.05) is 47.5 Å². The van der Waals surface area contributed by atoms with Gasteiger partial charge in [-0.2, -0.15) is 0 Å². The molecule has 0 aromatic carbocycles. The number of unbranched alkanes of at least 4 members (excludes halogenated alkanes) is 29. The van der Waals surface area contributed by atoms with Crippen LogP contribution in [0.5, 0.6) is 0 Å². The number of allylic oxidation sites excluding steroid dienone is 16. The van der Waals surface area contributed by atoms with Crippen LogP contribution in [0.2, 0.25) is 0 Å². The van der Waals surface area contributed by atoms with Gasteiger partial charge in [-0.15, -0.1) is 0 Å². The third-order valence-electron chi connectivity index (χ3n) is 14.1. The Kier molecular flexibility index (Phi) is 58.4. The number of rotatable bonds is 60. The summed E-state index contributed by atoms with van der Waals surface area (Å²) in [6.45, 7) is 4.63. The van der Waals surface area contributed by atoms with Crippen molar-refractivity contribution < 1.29 is 42.9 Å².